The van der Waals surface area contributed by atoms with E-state index in [1.807, 2.05) is 60.7 Å². The Kier molecular flexibility index (Phi) is 3.37. The van der Waals surface area contributed by atoms with Gasteiger partial charge in [0.25, 0.3) is 5.56 Å². The SMILES string of the molecule is O=c1c2ccccc2c2cccc3nc(-n4c5ccccc5c5cc6c(cc54)oc4ccccc46)n1c32. The predicted octanol–water partition coefficient (Wildman–Crippen LogP) is 7.44. The number of hydrogen-bond acceptors (Lipinski definition) is 3. The molecule has 0 saturated heterocycles. The van der Waals surface area contributed by atoms with Gasteiger partial charge in [-0.15, -0.1) is 0 Å². The Labute approximate surface area is 208 Å². The number of hydrogen-bond donors (Lipinski definition) is 0. The fraction of sp³-hybridized carbons (Fsp3) is 0. The summed E-state index contributed by atoms with van der Waals surface area (Å²) in [7, 11) is 0. The van der Waals surface area contributed by atoms with Crippen molar-refractivity contribution in [1.82, 2.24) is 14.0 Å². The maximum atomic E-state index is 14.0. The Hall–Kier alpha value is -5.16. The smallest absolute Gasteiger partial charge is 0.265 e. The average Bonchev–Trinajstić information content (AvgIpc) is 3.60. The van der Waals surface area contributed by atoms with Gasteiger partial charge in [0.15, 0.2) is 0 Å². The van der Waals surface area contributed by atoms with E-state index >= 15 is 0 Å². The predicted molar refractivity (Wildman–Crippen MR) is 149 cm³/mol. The molecule has 9 rings (SSSR count). The van der Waals surface area contributed by atoms with Crippen LogP contribution in [-0.4, -0.2) is 14.0 Å². The number of para-hydroxylation sites is 3. The number of aromatic nitrogens is 3. The third-order valence-corrected chi connectivity index (χ3v) is 7.68. The monoisotopic (exact) mass is 475 g/mol. The van der Waals surface area contributed by atoms with Crippen molar-refractivity contribution in [3.8, 4) is 5.95 Å². The van der Waals surface area contributed by atoms with Gasteiger partial charge >= 0.3 is 0 Å². The number of benzene rings is 5. The van der Waals surface area contributed by atoms with Gasteiger partial charge in [-0.3, -0.25) is 9.36 Å². The van der Waals surface area contributed by atoms with Gasteiger partial charge in [0, 0.05) is 38.4 Å². The first-order valence-corrected chi connectivity index (χ1v) is 12.3. The van der Waals surface area contributed by atoms with Gasteiger partial charge in [-0.1, -0.05) is 66.7 Å². The molecule has 172 valence electrons. The molecule has 4 heterocycles. The Balaban J connectivity index is 1.52. The lowest BCUT2D eigenvalue weighted by Crippen LogP contribution is -2.16. The van der Waals surface area contributed by atoms with E-state index in [-0.39, 0.29) is 5.56 Å². The third-order valence-electron chi connectivity index (χ3n) is 7.68. The van der Waals surface area contributed by atoms with Crippen molar-refractivity contribution in [3.63, 3.8) is 0 Å². The van der Waals surface area contributed by atoms with Crippen LogP contribution in [-0.2, 0) is 0 Å². The van der Waals surface area contributed by atoms with E-state index < -0.39 is 0 Å². The van der Waals surface area contributed by atoms with Crippen LogP contribution in [0.2, 0.25) is 0 Å². The molecule has 4 aromatic heterocycles. The molecule has 5 heteroatoms. The fourth-order valence-corrected chi connectivity index (χ4v) is 6.10. The zero-order valence-electron chi connectivity index (χ0n) is 19.5. The standard InChI is InChI=1S/C32H17N3O2/c36-31-22-11-2-1-8-18(22)21-12-7-13-25-30(21)35(31)32(33-25)34-26-14-5-3-9-19(26)23-16-24-20-10-4-6-15-28(20)37-29(24)17-27(23)34/h1-17H. The van der Waals surface area contributed by atoms with Crippen LogP contribution in [0.15, 0.2) is 112 Å². The maximum Gasteiger partial charge on any atom is 0.265 e. The molecule has 0 N–H and O–H groups in total. The summed E-state index contributed by atoms with van der Waals surface area (Å²) in [4.78, 5) is 19.0. The number of furan rings is 1. The molecule has 0 aliphatic heterocycles. The van der Waals surface area contributed by atoms with E-state index in [1.165, 1.54) is 0 Å². The third kappa shape index (κ3) is 2.29. The molecular formula is C32H17N3O2. The number of rotatable bonds is 1. The Bertz CT molecular complexity index is 2440. The normalized spacial score (nSPS) is 12.4. The minimum absolute atomic E-state index is 0.0671. The molecule has 0 saturated carbocycles. The summed E-state index contributed by atoms with van der Waals surface area (Å²) in [6.45, 7) is 0. The second kappa shape index (κ2) is 6.53. The highest BCUT2D eigenvalue weighted by atomic mass is 16.3. The number of imidazole rings is 1. The van der Waals surface area contributed by atoms with Crippen LogP contribution >= 0.6 is 0 Å². The highest BCUT2D eigenvalue weighted by molar-refractivity contribution is 6.17. The van der Waals surface area contributed by atoms with Crippen LogP contribution in [0.3, 0.4) is 0 Å². The number of fused-ring (bicyclic) bond motifs is 8. The zero-order chi connectivity index (χ0) is 24.2. The van der Waals surface area contributed by atoms with Crippen molar-refractivity contribution < 1.29 is 4.42 Å². The quantitative estimate of drug-likeness (QED) is 0.232. The van der Waals surface area contributed by atoms with Crippen LogP contribution in [0.25, 0.3) is 76.9 Å². The lowest BCUT2D eigenvalue weighted by molar-refractivity contribution is 0.669. The molecule has 0 amide bonds. The maximum absolute atomic E-state index is 14.0. The molecule has 0 unspecified atom stereocenters. The molecular weight excluding hydrogens is 458 g/mol. The Morgan fingerprint density at radius 3 is 2.19 bits per heavy atom. The van der Waals surface area contributed by atoms with Crippen LogP contribution in [0.5, 0.6) is 0 Å². The van der Waals surface area contributed by atoms with Crippen LogP contribution in [0.4, 0.5) is 0 Å². The average molecular weight is 476 g/mol. The van der Waals surface area contributed by atoms with Gasteiger partial charge in [0.1, 0.15) is 11.2 Å². The second-order valence-corrected chi connectivity index (χ2v) is 9.59. The molecule has 0 atom stereocenters. The molecule has 5 aromatic carbocycles. The van der Waals surface area contributed by atoms with Gasteiger partial charge in [-0.25, -0.2) is 9.38 Å². The van der Waals surface area contributed by atoms with E-state index in [0.717, 1.165) is 65.6 Å². The second-order valence-electron chi connectivity index (χ2n) is 9.59. The Morgan fingerprint density at radius 2 is 1.30 bits per heavy atom. The van der Waals surface area contributed by atoms with Crippen LogP contribution < -0.4 is 5.56 Å². The van der Waals surface area contributed by atoms with Crippen molar-refractivity contribution in [2.24, 2.45) is 0 Å². The highest BCUT2D eigenvalue weighted by Gasteiger charge is 2.22. The fourth-order valence-electron chi connectivity index (χ4n) is 6.10. The molecule has 37 heavy (non-hydrogen) atoms. The van der Waals surface area contributed by atoms with Crippen molar-refractivity contribution in [3.05, 3.63) is 113 Å². The molecule has 0 fully saturated rings. The lowest BCUT2D eigenvalue weighted by Gasteiger charge is -2.08. The van der Waals surface area contributed by atoms with E-state index in [4.69, 9.17) is 9.40 Å². The molecule has 0 radical (unpaired) electrons. The minimum Gasteiger partial charge on any atom is -0.456 e. The summed E-state index contributed by atoms with van der Waals surface area (Å²) in [5, 5.41) is 7.02. The molecule has 0 aliphatic rings. The first-order valence-electron chi connectivity index (χ1n) is 12.3. The number of pyridine rings is 1. The summed E-state index contributed by atoms with van der Waals surface area (Å²) in [5.41, 5.74) is 5.19. The topological polar surface area (TPSA) is 52.4 Å². The first-order chi connectivity index (χ1) is 18.3. The summed E-state index contributed by atoms with van der Waals surface area (Å²) in [5.74, 6) is 0.587. The van der Waals surface area contributed by atoms with E-state index in [2.05, 4.69) is 47.0 Å². The zero-order valence-corrected chi connectivity index (χ0v) is 19.5. The van der Waals surface area contributed by atoms with Crippen molar-refractivity contribution in [2.45, 2.75) is 0 Å². The summed E-state index contributed by atoms with van der Waals surface area (Å²) in [6, 6.07) is 34.5. The van der Waals surface area contributed by atoms with Crippen LogP contribution in [0, 0.1) is 0 Å². The molecule has 9 aromatic rings. The minimum atomic E-state index is -0.0671. The van der Waals surface area contributed by atoms with Gasteiger partial charge in [-0.2, -0.15) is 0 Å². The van der Waals surface area contributed by atoms with E-state index in [1.54, 1.807) is 4.40 Å². The van der Waals surface area contributed by atoms with Crippen molar-refractivity contribution >= 4 is 70.9 Å². The lowest BCUT2D eigenvalue weighted by atomic mass is 10.1. The summed E-state index contributed by atoms with van der Waals surface area (Å²) in [6.07, 6.45) is 0. The van der Waals surface area contributed by atoms with Gasteiger partial charge in [0.05, 0.1) is 22.1 Å². The molecule has 0 spiro atoms. The van der Waals surface area contributed by atoms with Gasteiger partial charge < -0.3 is 4.42 Å². The summed E-state index contributed by atoms with van der Waals surface area (Å²) < 4.78 is 10.1. The van der Waals surface area contributed by atoms with E-state index in [9.17, 15) is 4.79 Å². The number of nitrogens with zero attached hydrogens (tertiary/aromatic N) is 3. The molecule has 5 nitrogen and oxygen atoms in total. The van der Waals surface area contributed by atoms with Crippen molar-refractivity contribution in [2.75, 3.05) is 0 Å². The van der Waals surface area contributed by atoms with Crippen LogP contribution in [0.1, 0.15) is 0 Å². The largest absolute Gasteiger partial charge is 0.456 e. The Morgan fingerprint density at radius 1 is 0.568 bits per heavy atom. The summed E-state index contributed by atoms with van der Waals surface area (Å²) >= 11 is 0. The van der Waals surface area contributed by atoms with Gasteiger partial charge in [0.2, 0.25) is 5.95 Å². The van der Waals surface area contributed by atoms with Crippen molar-refractivity contribution in [1.29, 1.82) is 0 Å². The molecule has 0 bridgehead atoms. The van der Waals surface area contributed by atoms with Gasteiger partial charge in [-0.05, 0) is 35.7 Å². The highest BCUT2D eigenvalue weighted by Crippen LogP contribution is 2.38. The first kappa shape index (κ1) is 19.1. The van der Waals surface area contributed by atoms with E-state index in [0.29, 0.717) is 11.3 Å². The molecule has 0 aliphatic carbocycles.